The molecule has 1 N–H and O–H groups in total. The number of amides is 1. The summed E-state index contributed by atoms with van der Waals surface area (Å²) in [7, 11) is 0. The molecule has 5 nitrogen and oxygen atoms in total. The maximum Gasteiger partial charge on any atom is 0.290 e. The van der Waals surface area contributed by atoms with E-state index in [-0.39, 0.29) is 21.3 Å². The van der Waals surface area contributed by atoms with Gasteiger partial charge in [0, 0.05) is 18.2 Å². The molecule has 0 aliphatic heterocycles. The maximum absolute atomic E-state index is 11.6. The van der Waals surface area contributed by atoms with Gasteiger partial charge in [0.15, 0.2) is 0 Å². The number of carbonyl (C=O) groups excluding carboxylic acids is 1. The van der Waals surface area contributed by atoms with Gasteiger partial charge >= 0.3 is 0 Å². The summed E-state index contributed by atoms with van der Waals surface area (Å²) < 4.78 is 0. The Morgan fingerprint density at radius 2 is 2.12 bits per heavy atom. The largest absolute Gasteiger partial charge is 0.352 e. The second-order valence-corrected chi connectivity index (χ2v) is 4.09. The van der Waals surface area contributed by atoms with E-state index < -0.39 is 10.8 Å². The molecule has 7 heteroatoms. The fourth-order valence-corrected chi connectivity index (χ4v) is 1.57. The Morgan fingerprint density at radius 3 is 2.65 bits per heavy atom. The molecule has 0 spiro atoms. The molecule has 0 heterocycles. The molecule has 1 rings (SSSR count). The van der Waals surface area contributed by atoms with Crippen molar-refractivity contribution in [1.29, 1.82) is 0 Å². The van der Waals surface area contributed by atoms with E-state index in [1.165, 1.54) is 6.07 Å². The van der Waals surface area contributed by atoms with E-state index in [0.717, 1.165) is 12.5 Å². The Kier molecular flexibility index (Phi) is 4.72. The number of nitro benzene ring substituents is 1. The molecule has 0 unspecified atom stereocenters. The van der Waals surface area contributed by atoms with Gasteiger partial charge in [0.05, 0.1) is 9.95 Å². The predicted octanol–water partition coefficient (Wildman–Crippen LogP) is 3.04. The highest BCUT2D eigenvalue weighted by molar-refractivity contribution is 6.43. The van der Waals surface area contributed by atoms with Crippen molar-refractivity contribution < 1.29 is 9.72 Å². The lowest BCUT2D eigenvalue weighted by Gasteiger charge is -2.05. The van der Waals surface area contributed by atoms with Crippen molar-refractivity contribution >= 4 is 34.8 Å². The van der Waals surface area contributed by atoms with Crippen molar-refractivity contribution in [3.05, 3.63) is 37.9 Å². The van der Waals surface area contributed by atoms with Crippen LogP contribution in [-0.2, 0) is 0 Å². The molecule has 1 aromatic carbocycles. The fourth-order valence-electron chi connectivity index (χ4n) is 1.18. The SMILES string of the molecule is CCCNC(=O)c1cc(Cl)c(Cl)c([N+](=O)[O-])c1. The molecule has 0 atom stereocenters. The maximum atomic E-state index is 11.6. The van der Waals surface area contributed by atoms with Crippen molar-refractivity contribution in [3.8, 4) is 0 Å². The Hall–Kier alpha value is -1.33. The van der Waals surface area contributed by atoms with Crippen LogP contribution in [0, 0.1) is 10.1 Å². The van der Waals surface area contributed by atoms with Gasteiger partial charge in [-0.3, -0.25) is 14.9 Å². The predicted molar refractivity (Wildman–Crippen MR) is 65.7 cm³/mol. The summed E-state index contributed by atoms with van der Waals surface area (Å²) in [4.78, 5) is 21.6. The summed E-state index contributed by atoms with van der Waals surface area (Å²) >= 11 is 11.4. The van der Waals surface area contributed by atoms with Gasteiger partial charge in [0.1, 0.15) is 5.02 Å². The van der Waals surface area contributed by atoms with E-state index >= 15 is 0 Å². The summed E-state index contributed by atoms with van der Waals surface area (Å²) in [6.07, 6.45) is 0.773. The molecule has 0 radical (unpaired) electrons. The second-order valence-electron chi connectivity index (χ2n) is 3.30. The Morgan fingerprint density at radius 1 is 1.47 bits per heavy atom. The number of nitro groups is 1. The van der Waals surface area contributed by atoms with Crippen LogP contribution < -0.4 is 5.32 Å². The summed E-state index contributed by atoms with van der Waals surface area (Å²) in [5.74, 6) is -0.409. The number of benzene rings is 1. The molecule has 17 heavy (non-hydrogen) atoms. The van der Waals surface area contributed by atoms with E-state index in [9.17, 15) is 14.9 Å². The van der Waals surface area contributed by atoms with Crippen LogP contribution in [0.5, 0.6) is 0 Å². The molecule has 0 saturated carbocycles. The van der Waals surface area contributed by atoms with Gasteiger partial charge in [0.25, 0.3) is 11.6 Å². The standard InChI is InChI=1S/C10H10Cl2N2O3/c1-2-3-13-10(15)6-4-7(11)9(12)8(5-6)14(16)17/h4-5H,2-3H2,1H3,(H,13,15). The van der Waals surface area contributed by atoms with Crippen LogP contribution in [0.1, 0.15) is 23.7 Å². The number of nitrogens with zero attached hydrogens (tertiary/aromatic N) is 1. The Labute approximate surface area is 108 Å². The highest BCUT2D eigenvalue weighted by Gasteiger charge is 2.19. The van der Waals surface area contributed by atoms with Crippen LogP contribution >= 0.6 is 23.2 Å². The zero-order chi connectivity index (χ0) is 13.0. The zero-order valence-electron chi connectivity index (χ0n) is 9.00. The number of hydrogen-bond donors (Lipinski definition) is 1. The monoisotopic (exact) mass is 276 g/mol. The van der Waals surface area contributed by atoms with E-state index in [2.05, 4.69) is 5.32 Å². The third kappa shape index (κ3) is 3.31. The van der Waals surface area contributed by atoms with Crippen LogP contribution in [0.15, 0.2) is 12.1 Å². The summed E-state index contributed by atoms with van der Waals surface area (Å²) in [5.41, 5.74) is -0.250. The minimum absolute atomic E-state index is 0.0116. The lowest BCUT2D eigenvalue weighted by Crippen LogP contribution is -2.24. The number of nitrogens with one attached hydrogen (secondary N) is 1. The van der Waals surface area contributed by atoms with Gasteiger partial charge in [-0.1, -0.05) is 30.1 Å². The van der Waals surface area contributed by atoms with E-state index in [4.69, 9.17) is 23.2 Å². The van der Waals surface area contributed by atoms with E-state index in [1.54, 1.807) is 0 Å². The number of rotatable bonds is 4. The second kappa shape index (κ2) is 5.84. The molecule has 92 valence electrons. The average Bonchev–Trinajstić information content (AvgIpc) is 2.28. The Balaban J connectivity index is 3.10. The van der Waals surface area contributed by atoms with Crippen LogP contribution in [0.3, 0.4) is 0 Å². The minimum Gasteiger partial charge on any atom is -0.352 e. The van der Waals surface area contributed by atoms with Crippen molar-refractivity contribution in [2.45, 2.75) is 13.3 Å². The topological polar surface area (TPSA) is 72.2 Å². The number of hydrogen-bond acceptors (Lipinski definition) is 3. The van der Waals surface area contributed by atoms with Gasteiger partial charge in [-0.2, -0.15) is 0 Å². The lowest BCUT2D eigenvalue weighted by atomic mass is 10.2. The quantitative estimate of drug-likeness (QED) is 0.679. The molecule has 1 amide bonds. The van der Waals surface area contributed by atoms with Crippen molar-refractivity contribution in [3.63, 3.8) is 0 Å². The molecule has 0 aliphatic rings. The van der Waals surface area contributed by atoms with Gasteiger partial charge < -0.3 is 5.32 Å². The molecule has 0 bridgehead atoms. The molecular weight excluding hydrogens is 267 g/mol. The average molecular weight is 277 g/mol. The zero-order valence-corrected chi connectivity index (χ0v) is 10.5. The Bertz CT molecular complexity index is 463. The highest BCUT2D eigenvalue weighted by atomic mass is 35.5. The normalized spacial score (nSPS) is 10.1. The van der Waals surface area contributed by atoms with Crippen molar-refractivity contribution in [2.75, 3.05) is 6.54 Å². The van der Waals surface area contributed by atoms with Gasteiger partial charge in [0.2, 0.25) is 0 Å². The van der Waals surface area contributed by atoms with Crippen molar-refractivity contribution in [1.82, 2.24) is 5.32 Å². The fraction of sp³-hybridized carbons (Fsp3) is 0.300. The summed E-state index contributed by atoms with van der Waals surface area (Å²) in [6, 6.07) is 2.42. The smallest absolute Gasteiger partial charge is 0.290 e. The first-order valence-electron chi connectivity index (χ1n) is 4.89. The van der Waals surface area contributed by atoms with Gasteiger partial charge in [-0.25, -0.2) is 0 Å². The first-order valence-corrected chi connectivity index (χ1v) is 5.64. The first-order chi connectivity index (χ1) is 7.97. The first kappa shape index (κ1) is 13.7. The van der Waals surface area contributed by atoms with Crippen LogP contribution in [0.25, 0.3) is 0 Å². The number of halogens is 2. The lowest BCUT2D eigenvalue weighted by molar-refractivity contribution is -0.384. The third-order valence-electron chi connectivity index (χ3n) is 2.00. The summed E-state index contributed by atoms with van der Waals surface area (Å²) in [6.45, 7) is 2.39. The molecule has 1 aromatic rings. The van der Waals surface area contributed by atoms with Gasteiger partial charge in [-0.15, -0.1) is 0 Å². The summed E-state index contributed by atoms with van der Waals surface area (Å²) in [5, 5.41) is 13.1. The minimum atomic E-state index is -0.676. The van der Waals surface area contributed by atoms with E-state index in [0.29, 0.717) is 6.54 Å². The molecular formula is C10H10Cl2N2O3. The van der Waals surface area contributed by atoms with E-state index in [1.807, 2.05) is 6.92 Å². The third-order valence-corrected chi connectivity index (χ3v) is 2.80. The van der Waals surface area contributed by atoms with Crippen LogP contribution in [-0.4, -0.2) is 17.4 Å². The molecule has 0 aliphatic carbocycles. The van der Waals surface area contributed by atoms with Gasteiger partial charge in [-0.05, 0) is 12.5 Å². The van der Waals surface area contributed by atoms with Crippen molar-refractivity contribution in [2.24, 2.45) is 0 Å². The number of carbonyl (C=O) groups is 1. The molecule has 0 fully saturated rings. The van der Waals surface area contributed by atoms with Crippen LogP contribution in [0.2, 0.25) is 10.0 Å². The highest BCUT2D eigenvalue weighted by Crippen LogP contribution is 2.32. The van der Waals surface area contributed by atoms with Crippen LogP contribution in [0.4, 0.5) is 5.69 Å². The molecule has 0 saturated heterocycles. The molecule has 0 aromatic heterocycles.